The molecule has 0 aliphatic carbocycles. The van der Waals surface area contributed by atoms with Gasteiger partial charge in [-0.25, -0.2) is 0 Å². The van der Waals surface area contributed by atoms with Crippen LogP contribution in [0.1, 0.15) is 25.0 Å². The molecule has 9 heteroatoms. The third kappa shape index (κ3) is 4.87. The van der Waals surface area contributed by atoms with E-state index in [1.165, 1.54) is 4.90 Å². The Morgan fingerprint density at radius 1 is 1.06 bits per heavy atom. The Morgan fingerprint density at radius 3 is 2.50 bits per heavy atom. The highest BCUT2D eigenvalue weighted by molar-refractivity contribution is 8.18. The fourth-order valence-electron chi connectivity index (χ4n) is 3.94. The summed E-state index contributed by atoms with van der Waals surface area (Å²) in [4.78, 5) is 41.7. The van der Waals surface area contributed by atoms with Crippen molar-refractivity contribution in [3.8, 4) is 0 Å². The van der Waals surface area contributed by atoms with E-state index < -0.39 is 0 Å². The highest BCUT2D eigenvalue weighted by Gasteiger charge is 2.35. The molecule has 6 nitrogen and oxygen atoms in total. The number of imide groups is 1. The lowest BCUT2D eigenvalue weighted by Gasteiger charge is -2.19. The van der Waals surface area contributed by atoms with Gasteiger partial charge in [-0.15, -0.1) is 0 Å². The van der Waals surface area contributed by atoms with Gasteiger partial charge in [-0.1, -0.05) is 47.5 Å². The number of aromatic nitrogens is 1. The van der Waals surface area contributed by atoms with E-state index in [4.69, 9.17) is 23.2 Å². The average Bonchev–Trinajstić information content (AvgIpc) is 3.29. The van der Waals surface area contributed by atoms with Gasteiger partial charge in [0.15, 0.2) is 0 Å². The molecule has 2 aromatic carbocycles. The van der Waals surface area contributed by atoms with Gasteiger partial charge < -0.3 is 9.47 Å². The van der Waals surface area contributed by atoms with Crippen molar-refractivity contribution in [3.05, 3.63) is 74.7 Å². The van der Waals surface area contributed by atoms with Crippen molar-refractivity contribution in [2.75, 3.05) is 13.1 Å². The molecule has 2 heterocycles. The molecular weight excluding hydrogens is 493 g/mol. The molecule has 1 aliphatic rings. The van der Waals surface area contributed by atoms with Gasteiger partial charge in [-0.3, -0.25) is 19.3 Å². The number of nitrogens with zero attached hydrogens (tertiary/aromatic N) is 3. The number of hydrogen-bond acceptors (Lipinski definition) is 4. The van der Waals surface area contributed by atoms with Crippen molar-refractivity contribution >= 4 is 69.0 Å². The number of hydrogen-bond donors (Lipinski definition) is 0. The number of carbonyl (C=O) groups excluding carboxylic acids is 3. The zero-order valence-corrected chi connectivity index (χ0v) is 21.1. The normalized spacial score (nSPS) is 15.1. The number of halogens is 2. The number of thioether (sulfide) groups is 1. The van der Waals surface area contributed by atoms with Crippen molar-refractivity contribution in [1.29, 1.82) is 0 Å². The van der Waals surface area contributed by atoms with Crippen LogP contribution in [0.2, 0.25) is 10.0 Å². The van der Waals surface area contributed by atoms with Crippen LogP contribution in [0, 0.1) is 0 Å². The molecule has 1 aromatic heterocycles. The van der Waals surface area contributed by atoms with Crippen molar-refractivity contribution in [2.24, 2.45) is 0 Å². The smallest absolute Gasteiger partial charge is 0.293 e. The monoisotopic (exact) mass is 515 g/mol. The van der Waals surface area contributed by atoms with Crippen LogP contribution < -0.4 is 0 Å². The van der Waals surface area contributed by atoms with E-state index in [0.717, 1.165) is 28.2 Å². The first-order chi connectivity index (χ1) is 16.3. The van der Waals surface area contributed by atoms with Gasteiger partial charge in [0.1, 0.15) is 6.54 Å². The summed E-state index contributed by atoms with van der Waals surface area (Å²) in [5, 5.41) is 1.35. The lowest BCUT2D eigenvalue weighted by Crippen LogP contribution is -2.33. The predicted molar refractivity (Wildman–Crippen MR) is 138 cm³/mol. The molecule has 4 rings (SSSR count). The number of amides is 3. The van der Waals surface area contributed by atoms with E-state index in [0.29, 0.717) is 33.6 Å². The fraction of sp³-hybridized carbons (Fsp3) is 0.240. The molecule has 0 N–H and O–H groups in total. The highest BCUT2D eigenvalue weighted by Crippen LogP contribution is 2.35. The number of fused-ring (bicyclic) bond motifs is 1. The van der Waals surface area contributed by atoms with Crippen LogP contribution in [0.15, 0.2) is 53.6 Å². The van der Waals surface area contributed by atoms with Gasteiger partial charge in [0.2, 0.25) is 5.91 Å². The number of likely N-dealkylation sites (N-methyl/N-ethyl adjacent to an activating group) is 1. The Balaban J connectivity index is 1.62. The molecule has 0 atom stereocenters. The second kappa shape index (κ2) is 10.3. The zero-order chi connectivity index (χ0) is 24.4. The van der Waals surface area contributed by atoms with Crippen LogP contribution in [-0.2, 0) is 22.7 Å². The number of para-hydroxylation sites is 1. The molecule has 176 valence electrons. The SMILES string of the molecule is CCN(CC)C(=O)Cn1cc(/C=C2\SC(=O)N(Cc3ccc(Cl)c(Cl)c3)C2=O)c2ccccc21. The number of benzene rings is 2. The topological polar surface area (TPSA) is 62.6 Å². The van der Waals surface area contributed by atoms with Crippen LogP contribution in [0.4, 0.5) is 4.79 Å². The largest absolute Gasteiger partial charge is 0.342 e. The maximum atomic E-state index is 13.1. The van der Waals surface area contributed by atoms with Crippen LogP contribution in [-0.4, -0.2) is 44.5 Å². The molecular formula is C25H23Cl2N3O3S. The number of carbonyl (C=O) groups is 3. The Hall–Kier alpha value is -2.74. The van der Waals surface area contributed by atoms with Crippen LogP contribution >= 0.6 is 35.0 Å². The van der Waals surface area contributed by atoms with E-state index in [2.05, 4.69) is 0 Å². The molecule has 0 radical (unpaired) electrons. The lowest BCUT2D eigenvalue weighted by molar-refractivity contribution is -0.131. The summed E-state index contributed by atoms with van der Waals surface area (Å²) in [5.41, 5.74) is 2.39. The first kappa shape index (κ1) is 24.4. The molecule has 0 unspecified atom stereocenters. The lowest BCUT2D eigenvalue weighted by atomic mass is 10.1. The molecule has 1 saturated heterocycles. The Bertz CT molecular complexity index is 1310. The summed E-state index contributed by atoms with van der Waals surface area (Å²) in [6.45, 7) is 5.51. The van der Waals surface area contributed by atoms with Crippen LogP contribution in [0.25, 0.3) is 17.0 Å². The van der Waals surface area contributed by atoms with Gasteiger partial charge in [-0.05, 0) is 55.4 Å². The maximum absolute atomic E-state index is 13.1. The first-order valence-electron chi connectivity index (χ1n) is 10.9. The Labute approximate surface area is 212 Å². The Kier molecular flexibility index (Phi) is 7.36. The van der Waals surface area contributed by atoms with Crippen molar-refractivity contribution in [2.45, 2.75) is 26.9 Å². The third-order valence-corrected chi connectivity index (χ3v) is 7.37. The summed E-state index contributed by atoms with van der Waals surface area (Å²) in [7, 11) is 0. The minimum Gasteiger partial charge on any atom is -0.342 e. The van der Waals surface area contributed by atoms with Crippen molar-refractivity contribution < 1.29 is 14.4 Å². The fourth-order valence-corrected chi connectivity index (χ4v) is 5.09. The van der Waals surface area contributed by atoms with Gasteiger partial charge in [0.05, 0.1) is 21.5 Å². The van der Waals surface area contributed by atoms with Gasteiger partial charge >= 0.3 is 0 Å². The van der Waals surface area contributed by atoms with E-state index in [1.54, 1.807) is 29.2 Å². The molecule has 3 amide bonds. The quantitative estimate of drug-likeness (QED) is 0.359. The van der Waals surface area contributed by atoms with E-state index in [1.807, 2.05) is 48.9 Å². The van der Waals surface area contributed by atoms with E-state index >= 15 is 0 Å². The molecule has 1 aliphatic heterocycles. The second-order valence-corrected chi connectivity index (χ2v) is 9.62. The first-order valence-corrected chi connectivity index (χ1v) is 12.4. The standard InChI is InChI=1S/C25H23Cl2N3O3S/c1-3-28(4-2)23(31)15-29-14-17(18-7-5-6-8-21(18)29)12-22-24(32)30(25(33)34-22)13-16-9-10-19(26)20(27)11-16/h5-12,14H,3-4,13,15H2,1-2H3/b22-12-. The summed E-state index contributed by atoms with van der Waals surface area (Å²) < 4.78 is 1.89. The van der Waals surface area contributed by atoms with Crippen molar-refractivity contribution in [3.63, 3.8) is 0 Å². The van der Waals surface area contributed by atoms with Gasteiger partial charge in [0.25, 0.3) is 11.1 Å². The Morgan fingerprint density at radius 2 is 1.79 bits per heavy atom. The van der Waals surface area contributed by atoms with Crippen LogP contribution in [0.5, 0.6) is 0 Å². The van der Waals surface area contributed by atoms with E-state index in [9.17, 15) is 14.4 Å². The van der Waals surface area contributed by atoms with E-state index in [-0.39, 0.29) is 30.1 Å². The summed E-state index contributed by atoms with van der Waals surface area (Å²) >= 11 is 12.9. The second-order valence-electron chi connectivity index (χ2n) is 7.81. The summed E-state index contributed by atoms with van der Waals surface area (Å²) in [6, 6.07) is 12.7. The average molecular weight is 516 g/mol. The maximum Gasteiger partial charge on any atom is 0.293 e. The molecule has 0 saturated carbocycles. The minimum absolute atomic E-state index is 0.0271. The number of rotatable bonds is 7. The third-order valence-electron chi connectivity index (χ3n) is 5.73. The molecule has 1 fully saturated rings. The predicted octanol–water partition coefficient (Wildman–Crippen LogP) is 6.05. The molecule has 0 bridgehead atoms. The van der Waals surface area contributed by atoms with Crippen LogP contribution in [0.3, 0.4) is 0 Å². The molecule has 0 spiro atoms. The van der Waals surface area contributed by atoms with Crippen molar-refractivity contribution in [1.82, 2.24) is 14.4 Å². The van der Waals surface area contributed by atoms with Gasteiger partial charge in [-0.2, -0.15) is 0 Å². The zero-order valence-electron chi connectivity index (χ0n) is 18.8. The highest BCUT2D eigenvalue weighted by atomic mass is 35.5. The van der Waals surface area contributed by atoms with Gasteiger partial charge in [0, 0.05) is 35.8 Å². The minimum atomic E-state index is -0.364. The summed E-state index contributed by atoms with van der Waals surface area (Å²) in [6.07, 6.45) is 3.58. The molecule has 34 heavy (non-hydrogen) atoms. The molecule has 3 aromatic rings. The summed E-state index contributed by atoms with van der Waals surface area (Å²) in [5.74, 6) is -0.337.